The lowest BCUT2D eigenvalue weighted by atomic mass is 9.55. The number of nitrogens with zero attached hydrogens (tertiary/aromatic N) is 2. The molecule has 2 N–H and O–H groups in total. The summed E-state index contributed by atoms with van der Waals surface area (Å²) in [5, 5.41) is 24.4. The highest BCUT2D eigenvalue weighted by Crippen LogP contribution is 2.62. The number of allylic oxidation sites excluding steroid dienone is 1. The first-order chi connectivity index (χ1) is 28.8. The molecular formula is C46H55ClF2N2O8. The first-order valence-electron chi connectivity index (χ1n) is 20.6. The van der Waals surface area contributed by atoms with Crippen LogP contribution in [0.25, 0.3) is 0 Å². The zero-order chi connectivity index (χ0) is 41.8. The van der Waals surface area contributed by atoms with Gasteiger partial charge in [-0.2, -0.15) is 0 Å². The third-order valence-electron chi connectivity index (χ3n) is 11.5. The SMILES string of the molecule is C=CCOC12Oc3ccc(OCc4ccccc4F)cc3C3C(CCCCO)C(CCCCO)C=C(C(=NOCC)CC1N(Cc1ccc(F)cc1)C(=O)OCCCl)C32. The summed E-state index contributed by atoms with van der Waals surface area (Å²) >= 11 is 6.03. The average molecular weight is 837 g/mol. The van der Waals surface area contributed by atoms with Crippen molar-refractivity contribution in [2.24, 2.45) is 22.9 Å². The van der Waals surface area contributed by atoms with E-state index in [2.05, 4.69) is 12.7 Å². The lowest BCUT2D eigenvalue weighted by molar-refractivity contribution is -0.256. The summed E-state index contributed by atoms with van der Waals surface area (Å²) < 4.78 is 55.1. The number of aliphatic hydroxyl groups is 2. The number of carbonyl (C=O) groups is 1. The number of benzene rings is 3. The van der Waals surface area contributed by atoms with Gasteiger partial charge in [0.15, 0.2) is 0 Å². The molecule has 10 nitrogen and oxygen atoms in total. The number of oxime groups is 1. The summed E-state index contributed by atoms with van der Waals surface area (Å²) in [5.74, 6) is -2.06. The van der Waals surface area contributed by atoms with Crippen LogP contribution in [0.15, 0.2) is 96.2 Å². The van der Waals surface area contributed by atoms with E-state index in [0.717, 1.165) is 36.8 Å². The number of unbranched alkanes of at least 4 members (excludes halogenated alkanes) is 2. The molecule has 59 heavy (non-hydrogen) atoms. The maximum Gasteiger partial charge on any atom is 0.410 e. The first-order valence-corrected chi connectivity index (χ1v) is 21.1. The van der Waals surface area contributed by atoms with Crippen LogP contribution in [-0.4, -0.2) is 77.7 Å². The number of ether oxygens (including phenoxy) is 4. The second kappa shape index (κ2) is 21.2. The molecule has 0 saturated heterocycles. The number of fused-ring (bicyclic) bond motifs is 2. The molecule has 3 aromatic carbocycles. The summed E-state index contributed by atoms with van der Waals surface area (Å²) in [5.41, 5.74) is 3.42. The minimum absolute atomic E-state index is 0.0116. The van der Waals surface area contributed by atoms with Gasteiger partial charge in [0.2, 0.25) is 5.79 Å². The number of hydrogen-bond acceptors (Lipinski definition) is 9. The highest BCUT2D eigenvalue weighted by molar-refractivity contribution is 6.18. The van der Waals surface area contributed by atoms with Gasteiger partial charge in [0.25, 0.3) is 0 Å². The molecule has 13 heteroatoms. The van der Waals surface area contributed by atoms with E-state index < -0.39 is 29.7 Å². The molecule has 0 spiro atoms. The Labute approximate surface area is 350 Å². The largest absolute Gasteiger partial charge is 0.489 e. The van der Waals surface area contributed by atoms with Gasteiger partial charge < -0.3 is 34.0 Å². The van der Waals surface area contributed by atoms with Gasteiger partial charge in [0, 0.05) is 43.2 Å². The van der Waals surface area contributed by atoms with Crippen molar-refractivity contribution in [3.05, 3.63) is 119 Å². The summed E-state index contributed by atoms with van der Waals surface area (Å²) in [6, 6.07) is 17.1. The van der Waals surface area contributed by atoms with Crippen LogP contribution < -0.4 is 9.47 Å². The normalized spacial score (nSPS) is 23.7. The van der Waals surface area contributed by atoms with E-state index in [-0.39, 0.29) is 75.5 Å². The number of hydrogen-bond donors (Lipinski definition) is 2. The number of alkyl halides is 1. The zero-order valence-electron chi connectivity index (χ0n) is 33.6. The quantitative estimate of drug-likeness (QED) is 0.0473. The van der Waals surface area contributed by atoms with E-state index in [0.29, 0.717) is 47.8 Å². The van der Waals surface area contributed by atoms with Gasteiger partial charge in [-0.05, 0) is 92.0 Å². The Morgan fingerprint density at radius 2 is 1.81 bits per heavy atom. The van der Waals surface area contributed by atoms with E-state index in [1.165, 1.54) is 18.2 Å². The van der Waals surface area contributed by atoms with Crippen LogP contribution in [0.3, 0.4) is 0 Å². The maximum absolute atomic E-state index is 14.7. The zero-order valence-corrected chi connectivity index (χ0v) is 34.3. The van der Waals surface area contributed by atoms with Gasteiger partial charge >= 0.3 is 6.09 Å². The fourth-order valence-corrected chi connectivity index (χ4v) is 9.03. The lowest BCUT2D eigenvalue weighted by Crippen LogP contribution is -2.70. The van der Waals surface area contributed by atoms with Crippen LogP contribution in [0, 0.1) is 29.4 Å². The van der Waals surface area contributed by atoms with Gasteiger partial charge in [-0.1, -0.05) is 60.5 Å². The molecule has 1 aliphatic heterocycles. The summed E-state index contributed by atoms with van der Waals surface area (Å²) in [6.07, 6.45) is 7.69. The molecule has 1 saturated carbocycles. The molecule has 6 unspecified atom stereocenters. The number of rotatable bonds is 21. The predicted octanol–water partition coefficient (Wildman–Crippen LogP) is 9.07. The molecule has 0 aromatic heterocycles. The Balaban J connectivity index is 1.57. The second-order valence-electron chi connectivity index (χ2n) is 15.1. The second-order valence-corrected chi connectivity index (χ2v) is 15.5. The van der Waals surface area contributed by atoms with Crippen molar-refractivity contribution in [3.8, 4) is 11.5 Å². The van der Waals surface area contributed by atoms with E-state index in [9.17, 15) is 23.8 Å². The Kier molecular flexibility index (Phi) is 15.8. The van der Waals surface area contributed by atoms with Crippen LogP contribution in [0.5, 0.6) is 11.5 Å². The monoisotopic (exact) mass is 836 g/mol. The summed E-state index contributed by atoms with van der Waals surface area (Å²) in [4.78, 5) is 21.7. The molecule has 2 aliphatic carbocycles. The fraction of sp³-hybridized carbons (Fsp3) is 0.478. The Morgan fingerprint density at radius 1 is 1.05 bits per heavy atom. The third kappa shape index (κ3) is 10.1. The molecule has 318 valence electrons. The van der Waals surface area contributed by atoms with Crippen molar-refractivity contribution in [1.29, 1.82) is 0 Å². The van der Waals surface area contributed by atoms with Crippen molar-refractivity contribution in [2.45, 2.75) is 82.8 Å². The smallest absolute Gasteiger partial charge is 0.410 e. The molecule has 3 aromatic rings. The highest BCUT2D eigenvalue weighted by atomic mass is 35.5. The standard InChI is InChI=1S/C46H55ClF2N2O8/c1-3-24-57-46-42(51(45(54)55-25-21-47)29-31-15-17-34(48)18-16-31)28-40(50-58-4-2)37-26-32(11-7-9-22-52)36(13-8-10-23-53)43(44(37)46)38-27-35(19-20-41(38)59-46)56-30-33-12-5-6-14-39(33)49/h3,5-6,12,14-20,26-27,32,36,42-44,52-53H,1,4,7-11,13,21-25,28-30H2,2H3. The fourth-order valence-electron chi connectivity index (χ4n) is 8.95. The Hall–Kier alpha value is -4.49. The molecular weight excluding hydrogens is 782 g/mol. The lowest BCUT2D eigenvalue weighted by Gasteiger charge is -2.59. The van der Waals surface area contributed by atoms with Gasteiger partial charge in [0.05, 0.1) is 24.1 Å². The molecule has 6 atom stereocenters. The Bertz CT molecular complexity index is 1930. The number of amides is 1. The predicted molar refractivity (Wildman–Crippen MR) is 221 cm³/mol. The van der Waals surface area contributed by atoms with Gasteiger partial charge in [-0.15, -0.1) is 18.2 Å². The summed E-state index contributed by atoms with van der Waals surface area (Å²) in [7, 11) is 0. The Morgan fingerprint density at radius 3 is 2.53 bits per heavy atom. The maximum atomic E-state index is 14.7. The van der Waals surface area contributed by atoms with Crippen LogP contribution in [0.2, 0.25) is 0 Å². The van der Waals surface area contributed by atoms with Gasteiger partial charge in [0.1, 0.15) is 49.0 Å². The average Bonchev–Trinajstić information content (AvgIpc) is 3.25. The van der Waals surface area contributed by atoms with Crippen molar-refractivity contribution < 1.29 is 47.6 Å². The van der Waals surface area contributed by atoms with Crippen LogP contribution in [0.4, 0.5) is 13.6 Å². The van der Waals surface area contributed by atoms with Crippen LogP contribution in [-0.2, 0) is 27.5 Å². The van der Waals surface area contributed by atoms with Crippen LogP contribution >= 0.6 is 11.6 Å². The first kappa shape index (κ1) is 44.1. The molecule has 3 aliphatic rings. The van der Waals surface area contributed by atoms with E-state index in [4.69, 9.17) is 40.5 Å². The van der Waals surface area contributed by atoms with E-state index in [1.54, 1.807) is 47.4 Å². The van der Waals surface area contributed by atoms with Crippen molar-refractivity contribution in [3.63, 3.8) is 0 Å². The van der Waals surface area contributed by atoms with Crippen molar-refractivity contribution in [2.75, 3.05) is 38.9 Å². The molecule has 0 bridgehead atoms. The van der Waals surface area contributed by atoms with Crippen molar-refractivity contribution >= 4 is 23.4 Å². The molecule has 1 heterocycles. The minimum atomic E-state index is -1.54. The highest BCUT2D eigenvalue weighted by Gasteiger charge is 2.65. The van der Waals surface area contributed by atoms with Gasteiger partial charge in [-0.25, -0.2) is 13.6 Å². The number of halogens is 3. The molecule has 6 rings (SSSR count). The molecule has 0 radical (unpaired) electrons. The number of aliphatic hydroxyl groups excluding tert-OH is 2. The van der Waals surface area contributed by atoms with E-state index >= 15 is 0 Å². The van der Waals surface area contributed by atoms with Crippen LogP contribution in [0.1, 0.15) is 74.5 Å². The van der Waals surface area contributed by atoms with Gasteiger partial charge in [-0.3, -0.25) is 4.90 Å². The summed E-state index contributed by atoms with van der Waals surface area (Å²) in [6.45, 7) is 6.30. The topological polar surface area (TPSA) is 119 Å². The number of carbonyl (C=O) groups excluding carboxylic acids is 1. The van der Waals surface area contributed by atoms with E-state index in [1.807, 2.05) is 19.1 Å². The minimum Gasteiger partial charge on any atom is -0.489 e. The van der Waals surface area contributed by atoms with Crippen molar-refractivity contribution in [1.82, 2.24) is 4.90 Å². The third-order valence-corrected chi connectivity index (χ3v) is 11.6. The molecule has 1 fully saturated rings. The molecule has 1 amide bonds.